The molecule has 3 rings (SSSR count). The second kappa shape index (κ2) is 7.47. The molecule has 23 heavy (non-hydrogen) atoms. The molecule has 0 bridgehead atoms. The van der Waals surface area contributed by atoms with E-state index in [4.69, 9.17) is 0 Å². The number of amides is 2. The van der Waals surface area contributed by atoms with E-state index in [1.165, 1.54) is 18.6 Å². The number of hydrogen-bond acceptors (Lipinski definition) is 6. The van der Waals surface area contributed by atoms with Crippen molar-refractivity contribution in [1.82, 2.24) is 31.0 Å². The van der Waals surface area contributed by atoms with Gasteiger partial charge in [-0.05, 0) is 25.7 Å². The van der Waals surface area contributed by atoms with Gasteiger partial charge in [-0.1, -0.05) is 0 Å². The van der Waals surface area contributed by atoms with Gasteiger partial charge in [0.1, 0.15) is 11.7 Å². The van der Waals surface area contributed by atoms with Crippen LogP contribution in [0, 0.1) is 0 Å². The van der Waals surface area contributed by atoms with Gasteiger partial charge in [0.25, 0.3) is 5.91 Å². The van der Waals surface area contributed by atoms with Gasteiger partial charge in [-0.2, -0.15) is 0 Å². The third kappa shape index (κ3) is 4.02. The van der Waals surface area contributed by atoms with Crippen LogP contribution in [-0.4, -0.2) is 58.4 Å². The number of hydrogen-bond donors (Lipinski definition) is 3. The lowest BCUT2D eigenvalue weighted by molar-refractivity contribution is -0.133. The lowest BCUT2D eigenvalue weighted by Crippen LogP contribution is -2.46. The van der Waals surface area contributed by atoms with E-state index in [-0.39, 0.29) is 23.9 Å². The zero-order valence-corrected chi connectivity index (χ0v) is 13.0. The number of carbonyl (C=O) groups excluding carboxylic acids is 2. The molecule has 0 spiro atoms. The summed E-state index contributed by atoms with van der Waals surface area (Å²) in [5, 5.41) is 3.00. The molecule has 8 heteroatoms. The van der Waals surface area contributed by atoms with E-state index in [0.29, 0.717) is 12.2 Å². The maximum Gasteiger partial charge on any atom is 0.271 e. The Morgan fingerprint density at radius 1 is 1.22 bits per heavy atom. The Kier molecular flexibility index (Phi) is 5.14. The topological polar surface area (TPSA) is 99.2 Å². The molecule has 2 aliphatic rings. The van der Waals surface area contributed by atoms with Crippen LogP contribution in [0.15, 0.2) is 18.6 Å². The molecule has 1 aromatic heterocycles. The minimum atomic E-state index is -0.204. The molecule has 3 N–H and O–H groups in total. The second-order valence-electron chi connectivity index (χ2n) is 5.93. The highest BCUT2D eigenvalue weighted by molar-refractivity contribution is 5.92. The Morgan fingerprint density at radius 3 is 2.87 bits per heavy atom. The molecular weight excluding hydrogens is 296 g/mol. The Balaban J connectivity index is 1.52. The van der Waals surface area contributed by atoms with Crippen LogP contribution in [0.2, 0.25) is 0 Å². The van der Waals surface area contributed by atoms with E-state index in [2.05, 4.69) is 26.1 Å². The maximum absolute atomic E-state index is 12.4. The summed E-state index contributed by atoms with van der Waals surface area (Å²) in [4.78, 5) is 34.4. The molecule has 2 atom stereocenters. The van der Waals surface area contributed by atoms with Gasteiger partial charge in [-0.3, -0.25) is 20.0 Å². The number of nitrogens with zero attached hydrogens (tertiary/aromatic N) is 3. The van der Waals surface area contributed by atoms with Crippen molar-refractivity contribution in [2.45, 2.75) is 37.8 Å². The van der Waals surface area contributed by atoms with Gasteiger partial charge in [-0.15, -0.1) is 0 Å². The lowest BCUT2D eigenvalue weighted by atomic mass is 10.1. The normalized spacial score (nSPS) is 25.0. The first-order valence-electron chi connectivity index (χ1n) is 8.08. The van der Waals surface area contributed by atoms with Gasteiger partial charge in [-0.25, -0.2) is 10.4 Å². The zero-order chi connectivity index (χ0) is 16.1. The van der Waals surface area contributed by atoms with Crippen molar-refractivity contribution in [1.29, 1.82) is 0 Å². The third-order valence-corrected chi connectivity index (χ3v) is 4.30. The first-order chi connectivity index (χ1) is 11.2. The number of hydrazine groups is 1. The van der Waals surface area contributed by atoms with Crippen LogP contribution in [-0.2, 0) is 4.79 Å². The molecule has 2 fully saturated rings. The molecule has 0 aliphatic carbocycles. The number of likely N-dealkylation sites (tertiary alicyclic amines) is 1. The molecule has 8 nitrogen and oxygen atoms in total. The van der Waals surface area contributed by atoms with Gasteiger partial charge in [0.2, 0.25) is 5.91 Å². The molecule has 2 saturated heterocycles. The molecule has 124 valence electrons. The summed E-state index contributed by atoms with van der Waals surface area (Å²) < 4.78 is 0. The predicted octanol–water partition coefficient (Wildman–Crippen LogP) is -0.546. The fourth-order valence-corrected chi connectivity index (χ4v) is 3.03. The van der Waals surface area contributed by atoms with Crippen LogP contribution in [0.25, 0.3) is 0 Å². The Labute approximate surface area is 135 Å². The minimum Gasteiger partial charge on any atom is -0.348 e. The fraction of sp³-hybridized carbons (Fsp3) is 0.600. The fourth-order valence-electron chi connectivity index (χ4n) is 3.03. The van der Waals surface area contributed by atoms with E-state index >= 15 is 0 Å². The molecule has 0 radical (unpaired) electrons. The van der Waals surface area contributed by atoms with Crippen molar-refractivity contribution >= 4 is 11.8 Å². The number of rotatable bonds is 3. The molecule has 3 heterocycles. The standard InChI is InChI=1S/C15H22N6O2/c22-14(13-10-16-6-7-17-13)19-11-2-1-8-21(9-4-11)15(23)12-3-5-18-20-12/h6-7,10-12,18,20H,1-5,8-9H2,(H,19,22). The summed E-state index contributed by atoms with van der Waals surface area (Å²) in [5.41, 5.74) is 6.33. The molecule has 0 aromatic carbocycles. The zero-order valence-electron chi connectivity index (χ0n) is 13.0. The van der Waals surface area contributed by atoms with Crippen LogP contribution < -0.4 is 16.2 Å². The summed E-state index contributed by atoms with van der Waals surface area (Å²) in [6, 6.07) is -0.0577. The summed E-state index contributed by atoms with van der Waals surface area (Å²) in [7, 11) is 0. The van der Waals surface area contributed by atoms with E-state index in [1.807, 2.05) is 4.90 Å². The maximum atomic E-state index is 12.4. The average Bonchev–Trinajstić information content (AvgIpc) is 3.02. The first-order valence-corrected chi connectivity index (χ1v) is 8.08. The molecule has 2 unspecified atom stereocenters. The van der Waals surface area contributed by atoms with E-state index < -0.39 is 0 Å². The van der Waals surface area contributed by atoms with Gasteiger partial charge in [0.05, 0.1) is 6.20 Å². The van der Waals surface area contributed by atoms with E-state index in [1.54, 1.807) is 0 Å². The Morgan fingerprint density at radius 2 is 2.13 bits per heavy atom. The number of carbonyl (C=O) groups is 2. The quantitative estimate of drug-likeness (QED) is 0.692. The van der Waals surface area contributed by atoms with Gasteiger partial charge >= 0.3 is 0 Å². The highest BCUT2D eigenvalue weighted by Crippen LogP contribution is 2.14. The largest absolute Gasteiger partial charge is 0.348 e. The average molecular weight is 318 g/mol. The van der Waals surface area contributed by atoms with Crippen molar-refractivity contribution in [3.8, 4) is 0 Å². The smallest absolute Gasteiger partial charge is 0.271 e. The van der Waals surface area contributed by atoms with Gasteiger partial charge in [0.15, 0.2) is 0 Å². The summed E-state index contributed by atoms with van der Waals surface area (Å²) in [6.07, 6.45) is 7.84. The van der Waals surface area contributed by atoms with Crippen LogP contribution in [0.4, 0.5) is 0 Å². The third-order valence-electron chi connectivity index (χ3n) is 4.30. The van der Waals surface area contributed by atoms with Crippen LogP contribution in [0.1, 0.15) is 36.2 Å². The minimum absolute atomic E-state index is 0.0666. The molecule has 2 amide bonds. The van der Waals surface area contributed by atoms with Gasteiger partial charge < -0.3 is 10.2 Å². The Bertz CT molecular complexity index is 546. The molecule has 1 aromatic rings. The van der Waals surface area contributed by atoms with E-state index in [0.717, 1.165) is 38.8 Å². The predicted molar refractivity (Wildman–Crippen MR) is 83.3 cm³/mol. The van der Waals surface area contributed by atoms with Crippen molar-refractivity contribution < 1.29 is 9.59 Å². The first kappa shape index (κ1) is 15.8. The number of aromatic nitrogens is 2. The van der Waals surface area contributed by atoms with Crippen molar-refractivity contribution in [3.63, 3.8) is 0 Å². The summed E-state index contributed by atoms with van der Waals surface area (Å²) in [5.74, 6) is -0.0551. The van der Waals surface area contributed by atoms with Crippen molar-refractivity contribution in [2.24, 2.45) is 0 Å². The van der Waals surface area contributed by atoms with Crippen LogP contribution in [0.5, 0.6) is 0 Å². The van der Waals surface area contributed by atoms with Crippen molar-refractivity contribution in [2.75, 3.05) is 19.6 Å². The highest BCUT2D eigenvalue weighted by atomic mass is 16.2. The van der Waals surface area contributed by atoms with Crippen molar-refractivity contribution in [3.05, 3.63) is 24.3 Å². The van der Waals surface area contributed by atoms with E-state index in [9.17, 15) is 9.59 Å². The number of nitrogens with one attached hydrogen (secondary N) is 3. The monoisotopic (exact) mass is 318 g/mol. The molecule has 2 aliphatic heterocycles. The summed E-state index contributed by atoms with van der Waals surface area (Å²) in [6.45, 7) is 2.23. The highest BCUT2D eigenvalue weighted by Gasteiger charge is 2.29. The van der Waals surface area contributed by atoms with Gasteiger partial charge in [0, 0.05) is 38.1 Å². The Hall–Kier alpha value is -2.06. The molecule has 0 saturated carbocycles. The summed E-state index contributed by atoms with van der Waals surface area (Å²) >= 11 is 0. The van der Waals surface area contributed by atoms with Crippen LogP contribution in [0.3, 0.4) is 0 Å². The second-order valence-corrected chi connectivity index (χ2v) is 5.93. The lowest BCUT2D eigenvalue weighted by Gasteiger charge is -2.23. The molecular formula is C15H22N6O2. The SMILES string of the molecule is O=C(NC1CCCN(C(=O)C2CCNN2)CC1)c1cnccn1. The van der Waals surface area contributed by atoms with Crippen LogP contribution >= 0.6 is 0 Å².